The highest BCUT2D eigenvalue weighted by atomic mass is 16.8. The maximum atomic E-state index is 11.5. The van der Waals surface area contributed by atoms with Crippen molar-refractivity contribution in [2.45, 2.75) is 25.8 Å². The van der Waals surface area contributed by atoms with Gasteiger partial charge in [0.2, 0.25) is 0 Å². The van der Waals surface area contributed by atoms with E-state index in [0.717, 1.165) is 10.6 Å². The van der Waals surface area contributed by atoms with E-state index in [-0.39, 0.29) is 19.1 Å². The zero-order valence-electron chi connectivity index (χ0n) is 10.2. The molecule has 0 saturated carbocycles. The Bertz CT molecular complexity index is 432. The minimum atomic E-state index is -0.599. The Morgan fingerprint density at radius 1 is 1.44 bits per heavy atom. The minimum absolute atomic E-state index is 0.224. The van der Waals surface area contributed by atoms with E-state index in [4.69, 9.17) is 9.57 Å². The van der Waals surface area contributed by atoms with Crippen LogP contribution in [-0.4, -0.2) is 29.8 Å². The molecular weight excluding hydrogens is 234 g/mol. The SMILES string of the molecule is CCC(=O)ON1C(=O)OC[C@H]1Cc1ccccc1. The molecule has 0 aromatic heterocycles. The molecule has 18 heavy (non-hydrogen) atoms. The number of benzene rings is 1. The topological polar surface area (TPSA) is 55.8 Å². The van der Waals surface area contributed by atoms with Gasteiger partial charge in [-0.3, -0.25) is 0 Å². The summed E-state index contributed by atoms with van der Waals surface area (Å²) in [5.74, 6) is -0.438. The van der Waals surface area contributed by atoms with Crippen LogP contribution >= 0.6 is 0 Å². The number of carbonyl (C=O) groups excluding carboxylic acids is 2. The molecule has 1 aliphatic heterocycles. The molecule has 1 heterocycles. The summed E-state index contributed by atoms with van der Waals surface area (Å²) in [4.78, 5) is 27.7. The number of nitrogens with zero attached hydrogens (tertiary/aromatic N) is 1. The molecule has 0 radical (unpaired) electrons. The van der Waals surface area contributed by atoms with E-state index in [1.807, 2.05) is 30.3 Å². The van der Waals surface area contributed by atoms with Crippen LogP contribution in [-0.2, 0) is 20.8 Å². The highest BCUT2D eigenvalue weighted by molar-refractivity contribution is 5.74. The van der Waals surface area contributed by atoms with Crippen LogP contribution in [0.4, 0.5) is 4.79 Å². The lowest BCUT2D eigenvalue weighted by Crippen LogP contribution is -2.36. The van der Waals surface area contributed by atoms with Gasteiger partial charge in [0.05, 0.1) is 0 Å². The fourth-order valence-electron chi connectivity index (χ4n) is 1.76. The Morgan fingerprint density at radius 3 is 2.83 bits per heavy atom. The number of hydroxylamine groups is 2. The van der Waals surface area contributed by atoms with Crippen molar-refractivity contribution in [1.82, 2.24) is 5.06 Å². The quantitative estimate of drug-likeness (QED) is 0.818. The van der Waals surface area contributed by atoms with Gasteiger partial charge in [0.25, 0.3) is 0 Å². The molecule has 2 rings (SSSR count). The summed E-state index contributed by atoms with van der Waals surface area (Å²) in [6.07, 6.45) is 0.225. The second kappa shape index (κ2) is 5.53. The van der Waals surface area contributed by atoms with Crippen LogP contribution in [0.25, 0.3) is 0 Å². The van der Waals surface area contributed by atoms with Crippen molar-refractivity contribution in [3.8, 4) is 0 Å². The zero-order chi connectivity index (χ0) is 13.0. The second-order valence-electron chi connectivity index (χ2n) is 4.06. The number of hydrogen-bond acceptors (Lipinski definition) is 4. The van der Waals surface area contributed by atoms with Crippen LogP contribution in [0.2, 0.25) is 0 Å². The third kappa shape index (κ3) is 2.80. The molecule has 1 aliphatic rings. The van der Waals surface area contributed by atoms with Crippen molar-refractivity contribution in [2.75, 3.05) is 6.61 Å². The molecule has 1 aromatic carbocycles. The summed E-state index contributed by atoms with van der Waals surface area (Å²) in [6, 6.07) is 9.44. The van der Waals surface area contributed by atoms with Crippen molar-refractivity contribution < 1.29 is 19.2 Å². The van der Waals surface area contributed by atoms with Crippen LogP contribution in [0.1, 0.15) is 18.9 Å². The maximum absolute atomic E-state index is 11.5. The lowest BCUT2D eigenvalue weighted by Gasteiger charge is -2.19. The summed E-state index contributed by atoms with van der Waals surface area (Å²) in [7, 11) is 0. The van der Waals surface area contributed by atoms with E-state index in [0.29, 0.717) is 6.42 Å². The molecule has 1 aromatic rings. The highest BCUT2D eigenvalue weighted by Gasteiger charge is 2.36. The van der Waals surface area contributed by atoms with Gasteiger partial charge < -0.3 is 9.57 Å². The molecule has 1 saturated heterocycles. The minimum Gasteiger partial charge on any atom is -0.445 e. The molecule has 0 spiro atoms. The molecule has 0 unspecified atom stereocenters. The number of cyclic esters (lactones) is 1. The van der Waals surface area contributed by atoms with Crippen molar-refractivity contribution in [2.24, 2.45) is 0 Å². The number of amides is 1. The van der Waals surface area contributed by atoms with E-state index in [1.165, 1.54) is 0 Å². The average Bonchev–Trinajstić information content (AvgIpc) is 2.72. The molecular formula is C13H15NO4. The molecule has 0 bridgehead atoms. The lowest BCUT2D eigenvalue weighted by molar-refractivity contribution is -0.180. The summed E-state index contributed by atoms with van der Waals surface area (Å²) in [6.45, 7) is 1.92. The molecule has 1 atom stereocenters. The summed E-state index contributed by atoms with van der Waals surface area (Å²) < 4.78 is 4.91. The number of hydrogen-bond donors (Lipinski definition) is 0. The Kier molecular flexibility index (Phi) is 3.82. The van der Waals surface area contributed by atoms with Gasteiger partial charge >= 0.3 is 12.1 Å². The van der Waals surface area contributed by atoms with Gasteiger partial charge in [-0.2, -0.15) is 0 Å². The fraction of sp³-hybridized carbons (Fsp3) is 0.385. The number of ether oxygens (including phenoxy) is 1. The van der Waals surface area contributed by atoms with Gasteiger partial charge in [-0.05, 0) is 12.0 Å². The predicted molar refractivity (Wildman–Crippen MR) is 63.5 cm³/mol. The molecule has 1 amide bonds. The van der Waals surface area contributed by atoms with Crippen molar-refractivity contribution in [3.05, 3.63) is 35.9 Å². The van der Waals surface area contributed by atoms with Crippen LogP contribution in [0.5, 0.6) is 0 Å². The van der Waals surface area contributed by atoms with E-state index in [2.05, 4.69) is 0 Å². The standard InChI is InChI=1S/C13H15NO4/c1-2-12(15)18-14-11(9-17-13(14)16)8-10-6-4-3-5-7-10/h3-7,11H,2,8-9H2,1H3/t11-/m1/s1. The van der Waals surface area contributed by atoms with Crippen LogP contribution in [0, 0.1) is 0 Å². The summed E-state index contributed by atoms with van der Waals surface area (Å²) >= 11 is 0. The molecule has 5 nitrogen and oxygen atoms in total. The fourth-order valence-corrected chi connectivity index (χ4v) is 1.76. The molecule has 0 aliphatic carbocycles. The smallest absolute Gasteiger partial charge is 0.443 e. The summed E-state index contributed by atoms with van der Waals surface area (Å²) in [5, 5.41) is 1.04. The molecule has 96 valence electrons. The Hall–Kier alpha value is -2.04. The molecule has 5 heteroatoms. The largest absolute Gasteiger partial charge is 0.445 e. The van der Waals surface area contributed by atoms with Gasteiger partial charge in [-0.15, -0.1) is 5.06 Å². The van der Waals surface area contributed by atoms with Gasteiger partial charge in [0.1, 0.15) is 12.6 Å². The molecule has 0 N–H and O–H groups in total. The van der Waals surface area contributed by atoms with E-state index >= 15 is 0 Å². The van der Waals surface area contributed by atoms with E-state index in [9.17, 15) is 9.59 Å². The lowest BCUT2D eigenvalue weighted by atomic mass is 10.1. The Morgan fingerprint density at radius 2 is 2.17 bits per heavy atom. The van der Waals surface area contributed by atoms with Gasteiger partial charge in [-0.25, -0.2) is 9.59 Å². The van der Waals surface area contributed by atoms with Crippen LogP contribution < -0.4 is 0 Å². The monoisotopic (exact) mass is 249 g/mol. The first kappa shape index (κ1) is 12.4. The van der Waals surface area contributed by atoms with Crippen molar-refractivity contribution in [3.63, 3.8) is 0 Å². The van der Waals surface area contributed by atoms with Gasteiger partial charge in [-0.1, -0.05) is 37.3 Å². The second-order valence-corrected chi connectivity index (χ2v) is 4.06. The Labute approximate surface area is 105 Å². The first-order chi connectivity index (χ1) is 8.70. The van der Waals surface area contributed by atoms with E-state index in [1.54, 1.807) is 6.92 Å². The van der Waals surface area contributed by atoms with E-state index < -0.39 is 12.1 Å². The predicted octanol–water partition coefficient (Wildman–Crippen LogP) is 1.92. The summed E-state index contributed by atoms with van der Waals surface area (Å²) in [5.41, 5.74) is 1.07. The number of carbonyl (C=O) groups is 2. The third-order valence-corrected chi connectivity index (χ3v) is 2.71. The van der Waals surface area contributed by atoms with Crippen molar-refractivity contribution >= 4 is 12.1 Å². The van der Waals surface area contributed by atoms with Crippen LogP contribution in [0.15, 0.2) is 30.3 Å². The van der Waals surface area contributed by atoms with Crippen LogP contribution in [0.3, 0.4) is 0 Å². The maximum Gasteiger partial charge on any atom is 0.443 e. The third-order valence-electron chi connectivity index (χ3n) is 2.71. The first-order valence-corrected chi connectivity index (χ1v) is 5.91. The number of rotatable bonds is 4. The zero-order valence-corrected chi connectivity index (χ0v) is 10.2. The molecule has 1 fully saturated rings. The first-order valence-electron chi connectivity index (χ1n) is 5.91. The Balaban J connectivity index is 2.03. The van der Waals surface area contributed by atoms with Crippen molar-refractivity contribution in [1.29, 1.82) is 0 Å². The van der Waals surface area contributed by atoms with Gasteiger partial charge in [0, 0.05) is 6.42 Å². The average molecular weight is 249 g/mol. The van der Waals surface area contributed by atoms with Gasteiger partial charge in [0.15, 0.2) is 0 Å². The highest BCUT2D eigenvalue weighted by Crippen LogP contribution is 2.17. The normalized spacial score (nSPS) is 18.6.